The van der Waals surface area contributed by atoms with Crippen LogP contribution < -0.4 is 0 Å². The SMILES string of the molecule is CC1=C(C)C(=O)C(CCCCCCCCCCO[N+](=O)[O-])=C(C)C1=O.CC1=C(C)C(=O)C(CCCCCCCCCCO[N+](=O)[O-])=C(C)C1=O.CC1=C(C)C(=O)C(CCCCCCCCO[N+](=O)[O-])=C(C)C1=O.CC1=C(C)C(=O)C(CCCCCCCCO[N+](=O)[O-])=C(C)C1=O.CC1=C(C)C(=O)C(CCCCCCCCO[N+](=O)[O-])=C(C)C1=O.CC1=C(C)C(=O)C(CCCCCCO[N+](=O)[O-])=C(C)C1=O. The van der Waals surface area contributed by atoms with Crippen LogP contribution in [0.3, 0.4) is 0 Å². The monoisotopic (exact) mass is 1970 g/mol. The molecule has 0 aromatic rings. The molecule has 0 spiro atoms. The highest BCUT2D eigenvalue weighted by molar-refractivity contribution is 6.28. The third-order valence-electron chi connectivity index (χ3n) is 26.5. The van der Waals surface area contributed by atoms with Gasteiger partial charge in [-0.1, -0.05) is 167 Å². The molecule has 0 unspecified atom stereocenters. The Balaban J connectivity index is 0.000000841. The van der Waals surface area contributed by atoms with E-state index in [1.807, 2.05) is 0 Å². The van der Waals surface area contributed by atoms with Crippen LogP contribution in [0.25, 0.3) is 0 Å². The molecule has 0 fully saturated rings. The summed E-state index contributed by atoms with van der Waals surface area (Å²) < 4.78 is 0. The van der Waals surface area contributed by atoms with E-state index in [0.29, 0.717) is 198 Å². The predicted molar refractivity (Wildman–Crippen MR) is 527 cm³/mol. The van der Waals surface area contributed by atoms with E-state index in [1.54, 1.807) is 125 Å². The molecule has 0 aliphatic heterocycles. The molecule has 780 valence electrons. The van der Waals surface area contributed by atoms with Crippen molar-refractivity contribution >= 4 is 69.4 Å². The van der Waals surface area contributed by atoms with Crippen molar-refractivity contribution in [2.75, 3.05) is 39.6 Å². The number of allylic oxidation sites excluding steroid dienone is 24. The molecule has 0 saturated carbocycles. The minimum Gasteiger partial charge on any atom is -0.314 e. The number of hydrogen-bond acceptors (Lipinski definition) is 30. The maximum Gasteiger partial charge on any atom is 0.294 e. The van der Waals surface area contributed by atoms with Crippen LogP contribution in [-0.2, 0) is 86.6 Å². The van der Waals surface area contributed by atoms with Gasteiger partial charge in [0.1, 0.15) is 0 Å². The van der Waals surface area contributed by atoms with Crippen molar-refractivity contribution in [3.8, 4) is 0 Å². The van der Waals surface area contributed by atoms with Crippen LogP contribution >= 0.6 is 0 Å². The summed E-state index contributed by atoms with van der Waals surface area (Å²) in [6.07, 6.45) is 39.3. The summed E-state index contributed by atoms with van der Waals surface area (Å²) in [4.78, 5) is 231. The molecule has 0 amide bonds. The van der Waals surface area contributed by atoms with Crippen molar-refractivity contribution in [2.45, 2.75) is 407 Å². The van der Waals surface area contributed by atoms with Crippen LogP contribution in [0.4, 0.5) is 0 Å². The smallest absolute Gasteiger partial charge is 0.294 e. The Morgan fingerprint density at radius 1 is 0.136 bits per heavy atom. The maximum absolute atomic E-state index is 12.3. The van der Waals surface area contributed by atoms with Crippen LogP contribution in [0, 0.1) is 60.7 Å². The molecule has 0 aromatic heterocycles. The van der Waals surface area contributed by atoms with Crippen molar-refractivity contribution in [2.24, 2.45) is 0 Å². The first-order chi connectivity index (χ1) is 66.1. The summed E-state index contributed by atoms with van der Waals surface area (Å²) >= 11 is 0. The highest BCUT2D eigenvalue weighted by Crippen LogP contribution is 2.35. The number of ketones is 12. The van der Waals surface area contributed by atoms with E-state index in [4.69, 9.17) is 0 Å². The van der Waals surface area contributed by atoms with Crippen molar-refractivity contribution < 1.29 is 117 Å². The second-order valence-electron chi connectivity index (χ2n) is 36.3. The molecule has 0 saturated heterocycles. The number of carbonyl (C=O) groups is 12. The standard InChI is InChI=1S/2C19H29NO5.3C17H25NO5.C15H21NO5/c2*1-14-15(2)19(22)17(16(3)18(14)21)12-10-8-6-4-5-7-9-11-13-25-20(23)24;3*1-12-13(2)17(20)15(14(3)16(12)19)10-8-6-4-5-7-9-11-23-18(21)22;1-10-11(2)15(18)13(12(3)14(10)17)8-6-4-5-7-9-21-16(19)20/h2*4-13H2,1-3H3;3*4-11H2,1-3H3;4-9H2,1-3H3. The minimum absolute atomic E-state index is 0.00755. The van der Waals surface area contributed by atoms with Crippen LogP contribution in [0.2, 0.25) is 0 Å². The first-order valence-electron chi connectivity index (χ1n) is 49.6. The summed E-state index contributed by atoms with van der Waals surface area (Å²) in [5.41, 5.74) is 14.4. The third-order valence-corrected chi connectivity index (χ3v) is 26.5. The predicted octanol–water partition coefficient (Wildman–Crippen LogP) is 23.2. The summed E-state index contributed by atoms with van der Waals surface area (Å²) in [6, 6.07) is 0. The Morgan fingerprint density at radius 3 is 0.321 bits per heavy atom. The highest BCUT2D eigenvalue weighted by atomic mass is 17.0. The Kier molecular flexibility index (Phi) is 62.9. The van der Waals surface area contributed by atoms with E-state index >= 15 is 0 Å². The molecule has 0 atom stereocenters. The average Bonchev–Trinajstić information content (AvgIpc) is 0.830. The molecule has 0 heterocycles. The van der Waals surface area contributed by atoms with Gasteiger partial charge in [0.25, 0.3) is 30.5 Å². The Hall–Kier alpha value is -11.9. The Labute approximate surface area is 823 Å². The van der Waals surface area contributed by atoms with Crippen LogP contribution in [0.1, 0.15) is 407 Å². The van der Waals surface area contributed by atoms with Crippen LogP contribution in [0.5, 0.6) is 0 Å². The average molecular weight is 1970 g/mol. The van der Waals surface area contributed by atoms with Crippen LogP contribution in [0.15, 0.2) is 134 Å². The van der Waals surface area contributed by atoms with Gasteiger partial charge in [0.05, 0.1) is 39.6 Å². The summed E-state index contributed by atoms with van der Waals surface area (Å²) in [5.74, 6) is 0.0143. The van der Waals surface area contributed by atoms with Gasteiger partial charge >= 0.3 is 0 Å². The fourth-order valence-corrected chi connectivity index (χ4v) is 16.6. The zero-order valence-electron chi connectivity index (χ0n) is 86.3. The van der Waals surface area contributed by atoms with Gasteiger partial charge in [-0.3, -0.25) is 57.5 Å². The topological polar surface area (TPSA) is 519 Å². The lowest BCUT2D eigenvalue weighted by Gasteiger charge is -2.18. The highest BCUT2D eigenvalue weighted by Gasteiger charge is 2.33. The van der Waals surface area contributed by atoms with Gasteiger partial charge in [-0.2, -0.15) is 0 Å². The first-order valence-corrected chi connectivity index (χ1v) is 49.6. The lowest BCUT2D eigenvalue weighted by molar-refractivity contribution is -0.757. The summed E-state index contributed by atoms with van der Waals surface area (Å²) in [7, 11) is 0. The molecule has 36 heteroatoms. The lowest BCUT2D eigenvalue weighted by atomic mass is 9.84. The summed E-state index contributed by atoms with van der Waals surface area (Å²) in [6.45, 7) is 31.9. The Bertz CT molecular complexity index is 4500. The van der Waals surface area contributed by atoms with Gasteiger partial charge in [0.15, 0.2) is 69.4 Å². The number of unbranched alkanes of at least 4 members (excludes halogenated alkanes) is 32. The fourth-order valence-electron chi connectivity index (χ4n) is 16.6. The minimum atomic E-state index is -0.794. The van der Waals surface area contributed by atoms with E-state index in [2.05, 4.69) is 29.0 Å². The molecular formula is C104H154N6O30. The largest absolute Gasteiger partial charge is 0.314 e. The molecule has 6 rings (SSSR count). The molecule has 0 aromatic carbocycles. The van der Waals surface area contributed by atoms with Gasteiger partial charge < -0.3 is 29.0 Å². The third kappa shape index (κ3) is 46.5. The van der Waals surface area contributed by atoms with Crippen molar-refractivity contribution in [1.29, 1.82) is 0 Å². The molecule has 6 aliphatic carbocycles. The molecule has 0 radical (unpaired) electrons. The van der Waals surface area contributed by atoms with E-state index in [1.165, 1.54) is 0 Å². The molecule has 0 bridgehead atoms. The Morgan fingerprint density at radius 2 is 0.221 bits per heavy atom. The zero-order valence-corrected chi connectivity index (χ0v) is 86.3. The lowest BCUT2D eigenvalue weighted by Crippen LogP contribution is -2.20. The van der Waals surface area contributed by atoms with Gasteiger partial charge in [-0.15, -0.1) is 60.7 Å². The number of Topliss-reactive ketones (excluding diaryl/α,β-unsaturated/α-hetero) is 12. The summed E-state index contributed by atoms with van der Waals surface area (Å²) in [5, 5.41) is 55.2. The van der Waals surface area contributed by atoms with E-state index in [0.717, 1.165) is 218 Å². The van der Waals surface area contributed by atoms with Crippen molar-refractivity contribution in [3.05, 3.63) is 194 Å². The van der Waals surface area contributed by atoms with Crippen molar-refractivity contribution in [1.82, 2.24) is 0 Å². The van der Waals surface area contributed by atoms with Gasteiger partial charge in [0.2, 0.25) is 0 Å². The van der Waals surface area contributed by atoms with Crippen molar-refractivity contribution in [3.63, 3.8) is 0 Å². The number of nitrogens with zero attached hydrogens (tertiary/aromatic N) is 6. The van der Waals surface area contributed by atoms with Crippen LogP contribution in [-0.4, -0.2) is 140 Å². The second kappa shape index (κ2) is 69.9. The normalized spacial score (nSPS) is 15.4. The fraction of sp³-hybridized carbons (Fsp3) is 0.654. The van der Waals surface area contributed by atoms with E-state index in [-0.39, 0.29) is 109 Å². The number of rotatable bonds is 62. The maximum atomic E-state index is 12.3. The van der Waals surface area contributed by atoms with Gasteiger partial charge in [-0.05, 0) is 240 Å². The first kappa shape index (κ1) is 126. The number of carbonyl (C=O) groups excluding carboxylic acids is 12. The van der Waals surface area contributed by atoms with Gasteiger partial charge in [0, 0.05) is 134 Å². The quantitative estimate of drug-likeness (QED) is 0.0236. The molecule has 36 nitrogen and oxygen atoms in total. The zero-order chi connectivity index (χ0) is 106. The molecule has 6 aliphatic rings. The molecule has 0 N–H and O–H groups in total. The molecule has 140 heavy (non-hydrogen) atoms. The second-order valence-corrected chi connectivity index (χ2v) is 36.3. The number of hydrogen-bond donors (Lipinski definition) is 0. The molecular weight excluding hydrogens is 1810 g/mol. The van der Waals surface area contributed by atoms with E-state index < -0.39 is 30.5 Å². The van der Waals surface area contributed by atoms with Gasteiger partial charge in [-0.25, -0.2) is 0 Å². The van der Waals surface area contributed by atoms with E-state index in [9.17, 15) is 118 Å².